The van der Waals surface area contributed by atoms with Crippen molar-refractivity contribution in [1.29, 1.82) is 0 Å². The molecule has 0 radical (unpaired) electrons. The number of hydrogen-bond acceptors (Lipinski definition) is 9. The van der Waals surface area contributed by atoms with E-state index < -0.39 is 12.2 Å². The topological polar surface area (TPSA) is 176 Å². The fourth-order valence-corrected chi connectivity index (χ4v) is 7.77. The maximum Gasteiger partial charge on any atom is 0.411 e. The summed E-state index contributed by atoms with van der Waals surface area (Å²) in [5.41, 5.74) is 6.33. The molecule has 320 valence electrons. The van der Waals surface area contributed by atoms with Crippen molar-refractivity contribution in [2.75, 3.05) is 55.3 Å². The highest BCUT2D eigenvalue weighted by molar-refractivity contribution is 5.95. The number of nitrogens with one attached hydrogen (secondary N) is 4. The molecule has 7 rings (SSSR count). The zero-order valence-corrected chi connectivity index (χ0v) is 34.7. The van der Waals surface area contributed by atoms with Gasteiger partial charge in [-0.3, -0.25) is 19.7 Å². The van der Waals surface area contributed by atoms with Gasteiger partial charge in [0.15, 0.2) is 0 Å². The van der Waals surface area contributed by atoms with E-state index in [1.54, 1.807) is 24.1 Å². The average Bonchev–Trinajstić information content (AvgIpc) is 3.28. The predicted molar refractivity (Wildman–Crippen MR) is 242 cm³/mol. The molecule has 1 fully saturated rings. The number of hydrogen-bond donors (Lipinski definition) is 6. The van der Waals surface area contributed by atoms with Crippen LogP contribution in [0.1, 0.15) is 42.1 Å². The molecule has 0 saturated carbocycles. The van der Waals surface area contributed by atoms with E-state index in [0.717, 1.165) is 35.3 Å². The Morgan fingerprint density at radius 2 is 1.61 bits per heavy atom. The van der Waals surface area contributed by atoms with Crippen LogP contribution in [0.15, 0.2) is 132 Å². The summed E-state index contributed by atoms with van der Waals surface area (Å²) < 4.78 is 5.78. The Morgan fingerprint density at radius 3 is 2.44 bits per heavy atom. The molecule has 13 nitrogen and oxygen atoms in total. The zero-order chi connectivity index (χ0) is 43.4. The van der Waals surface area contributed by atoms with Crippen LogP contribution in [0.2, 0.25) is 0 Å². The third-order valence-electron chi connectivity index (χ3n) is 11.1. The number of carbonyl (C=O) groups is 3. The predicted octanol–water partition coefficient (Wildman–Crippen LogP) is 7.01. The van der Waals surface area contributed by atoms with Crippen LogP contribution in [-0.4, -0.2) is 83.9 Å². The Kier molecular flexibility index (Phi) is 14.4. The zero-order valence-electron chi connectivity index (χ0n) is 34.7. The first-order chi connectivity index (χ1) is 30.1. The fraction of sp³-hybridized carbons (Fsp3) is 0.265. The Bertz CT molecular complexity index is 2550. The number of aromatic hydroxyl groups is 1. The summed E-state index contributed by atoms with van der Waals surface area (Å²) in [6, 6.07) is 38.6. The molecule has 3 amide bonds. The number of fused-ring (bicyclic) bond motifs is 1. The molecular formula is C49H52N6O7. The molecule has 1 aliphatic heterocycles. The van der Waals surface area contributed by atoms with Crippen molar-refractivity contribution < 1.29 is 29.3 Å². The van der Waals surface area contributed by atoms with Gasteiger partial charge in [0.2, 0.25) is 17.4 Å². The Morgan fingerprint density at radius 1 is 0.855 bits per heavy atom. The third-order valence-corrected chi connectivity index (χ3v) is 11.1. The van der Waals surface area contributed by atoms with E-state index in [0.29, 0.717) is 66.8 Å². The fourth-order valence-electron chi connectivity index (χ4n) is 7.77. The largest absolute Gasteiger partial charge is 0.506 e. The summed E-state index contributed by atoms with van der Waals surface area (Å²) >= 11 is 0. The molecule has 5 aromatic carbocycles. The molecule has 6 aromatic rings. The van der Waals surface area contributed by atoms with Gasteiger partial charge in [-0.25, -0.2) is 4.79 Å². The second kappa shape index (κ2) is 20.6. The van der Waals surface area contributed by atoms with Gasteiger partial charge in [-0.15, -0.1) is 0 Å². The lowest BCUT2D eigenvalue weighted by Crippen LogP contribution is -2.40. The van der Waals surface area contributed by atoms with Crippen LogP contribution in [0.3, 0.4) is 0 Å². The molecule has 0 bridgehead atoms. The molecular weight excluding hydrogens is 785 g/mol. The van der Waals surface area contributed by atoms with Crippen molar-refractivity contribution in [1.82, 2.24) is 15.2 Å². The second-order valence-electron chi connectivity index (χ2n) is 15.5. The minimum Gasteiger partial charge on any atom is -0.506 e. The Labute approximate surface area is 360 Å². The second-order valence-corrected chi connectivity index (χ2v) is 15.5. The minimum absolute atomic E-state index is 0.0336. The number of H-pyrrole nitrogens is 1. The summed E-state index contributed by atoms with van der Waals surface area (Å²) in [7, 11) is 1.75. The lowest BCUT2D eigenvalue weighted by atomic mass is 10.0. The number of aliphatic hydroxyl groups excluding tert-OH is 1. The molecule has 2 heterocycles. The van der Waals surface area contributed by atoms with E-state index in [-0.39, 0.29) is 47.7 Å². The van der Waals surface area contributed by atoms with Crippen molar-refractivity contribution in [3.63, 3.8) is 0 Å². The SMILES string of the molecule is CN(C(=O)CCN1CCC(OC(=O)Nc2ccccc2-c2ccccc2)CC1)c1cccc(CC(=O)Nc2cccc(CCNC[C@H](O)c3ccc(O)c4[nH]c(=O)ccc34)c2)c1. The van der Waals surface area contributed by atoms with E-state index in [1.165, 1.54) is 12.1 Å². The van der Waals surface area contributed by atoms with Crippen molar-refractivity contribution in [3.8, 4) is 16.9 Å². The standard InChI is InChI=1S/C49H52N6O7/c1-54(47(60)24-28-55-26-22-38(23-27-55)62-49(61)52-42-16-6-5-15-39(42)35-11-3-2-4-12-35)37-14-8-10-34(30-37)31-46(59)51-36-13-7-9-33(29-36)21-25-50-32-44(57)40-17-19-43(56)48-41(40)18-20-45(58)53-48/h2-20,29-30,38,44,50,56-57H,21-28,31-32H2,1H3,(H,51,59)(H,52,61)(H,53,58)/t44-/m0/s1. The van der Waals surface area contributed by atoms with Crippen LogP contribution in [0.5, 0.6) is 5.75 Å². The first-order valence-electron chi connectivity index (χ1n) is 20.9. The van der Waals surface area contributed by atoms with Gasteiger partial charge in [-0.1, -0.05) is 78.9 Å². The van der Waals surface area contributed by atoms with E-state index in [2.05, 4.69) is 25.8 Å². The van der Waals surface area contributed by atoms with E-state index in [1.807, 2.05) is 103 Å². The molecule has 62 heavy (non-hydrogen) atoms. The first-order valence-corrected chi connectivity index (χ1v) is 20.9. The number of pyridine rings is 1. The monoisotopic (exact) mass is 836 g/mol. The number of benzene rings is 5. The first kappa shape index (κ1) is 43.3. The number of phenols is 1. The number of aliphatic hydroxyl groups is 1. The maximum absolute atomic E-state index is 13.3. The lowest BCUT2D eigenvalue weighted by Gasteiger charge is -2.31. The molecule has 0 spiro atoms. The Balaban J connectivity index is 0.814. The number of phenolic OH excluding ortho intramolecular Hbond substituents is 1. The normalized spacial score (nSPS) is 13.6. The number of rotatable bonds is 16. The number of amides is 3. The molecule has 1 saturated heterocycles. The quantitative estimate of drug-likeness (QED) is 0.0560. The van der Waals surface area contributed by atoms with Crippen molar-refractivity contribution >= 4 is 45.9 Å². The van der Waals surface area contributed by atoms with Gasteiger partial charge in [0.25, 0.3) is 0 Å². The molecule has 1 aliphatic rings. The summed E-state index contributed by atoms with van der Waals surface area (Å²) in [5, 5.41) is 30.7. The third kappa shape index (κ3) is 11.5. The number of carbonyl (C=O) groups excluding carboxylic acids is 3. The van der Waals surface area contributed by atoms with Gasteiger partial charge in [0.05, 0.1) is 23.7 Å². The number of aromatic nitrogens is 1. The molecule has 1 atom stereocenters. The van der Waals surface area contributed by atoms with Gasteiger partial charge in [-0.2, -0.15) is 0 Å². The molecule has 1 aromatic heterocycles. The number of anilines is 3. The van der Waals surface area contributed by atoms with Gasteiger partial charge < -0.3 is 40.4 Å². The van der Waals surface area contributed by atoms with Crippen LogP contribution in [0, 0.1) is 0 Å². The van der Waals surface area contributed by atoms with Crippen molar-refractivity contribution in [3.05, 3.63) is 154 Å². The molecule has 6 N–H and O–H groups in total. The van der Waals surface area contributed by atoms with Crippen LogP contribution < -0.4 is 26.4 Å². The van der Waals surface area contributed by atoms with E-state index in [4.69, 9.17) is 4.74 Å². The van der Waals surface area contributed by atoms with Crippen LogP contribution in [-0.2, 0) is 27.2 Å². The minimum atomic E-state index is -0.861. The van der Waals surface area contributed by atoms with Crippen molar-refractivity contribution in [2.45, 2.75) is 44.3 Å². The summed E-state index contributed by atoms with van der Waals surface area (Å²) in [6.07, 6.45) is 0.936. The van der Waals surface area contributed by atoms with E-state index in [9.17, 15) is 29.4 Å². The number of aromatic amines is 1. The van der Waals surface area contributed by atoms with Crippen LogP contribution in [0.25, 0.3) is 22.0 Å². The number of piperidine rings is 1. The summed E-state index contributed by atoms with van der Waals surface area (Å²) in [5.74, 6) is -0.274. The van der Waals surface area contributed by atoms with Gasteiger partial charge in [-0.05, 0) is 90.5 Å². The average molecular weight is 837 g/mol. The molecule has 0 unspecified atom stereocenters. The molecule has 0 aliphatic carbocycles. The number of likely N-dealkylation sites (tertiary alicyclic amines) is 1. The highest BCUT2D eigenvalue weighted by Gasteiger charge is 2.24. The van der Waals surface area contributed by atoms with Crippen LogP contribution in [0.4, 0.5) is 21.9 Å². The smallest absolute Gasteiger partial charge is 0.411 e. The number of ether oxygens (including phenoxy) is 1. The highest BCUT2D eigenvalue weighted by atomic mass is 16.6. The van der Waals surface area contributed by atoms with E-state index >= 15 is 0 Å². The number of nitrogens with zero attached hydrogens (tertiary/aromatic N) is 2. The highest BCUT2D eigenvalue weighted by Crippen LogP contribution is 2.30. The number of para-hydroxylation sites is 1. The summed E-state index contributed by atoms with van der Waals surface area (Å²) in [4.78, 5) is 57.4. The van der Waals surface area contributed by atoms with Gasteiger partial charge >= 0.3 is 6.09 Å². The van der Waals surface area contributed by atoms with Crippen molar-refractivity contribution in [2.24, 2.45) is 0 Å². The van der Waals surface area contributed by atoms with Gasteiger partial charge in [0, 0.05) is 68.0 Å². The molecule has 13 heteroatoms. The summed E-state index contributed by atoms with van der Waals surface area (Å²) in [6.45, 7) is 2.86. The Hall–Kier alpha value is -6.80. The van der Waals surface area contributed by atoms with Crippen LogP contribution >= 0.6 is 0 Å². The maximum atomic E-state index is 13.3. The van der Waals surface area contributed by atoms with Gasteiger partial charge in [0.1, 0.15) is 11.9 Å². The lowest BCUT2D eigenvalue weighted by molar-refractivity contribution is -0.118.